The fourth-order valence-electron chi connectivity index (χ4n) is 5.28. The second-order valence-electron chi connectivity index (χ2n) is 11.1. The van der Waals surface area contributed by atoms with Crippen molar-refractivity contribution < 1.29 is 28.6 Å². The van der Waals surface area contributed by atoms with Crippen LogP contribution in [0.15, 0.2) is 60.7 Å². The summed E-state index contributed by atoms with van der Waals surface area (Å²) < 4.78 is 16.7. The molecule has 1 unspecified atom stereocenters. The number of urea groups is 1. The number of ether oxygens (including phenoxy) is 3. The minimum atomic E-state index is -0.390. The second-order valence-corrected chi connectivity index (χ2v) is 11.1. The Bertz CT molecular complexity index is 1450. The van der Waals surface area contributed by atoms with Crippen molar-refractivity contribution in [3.63, 3.8) is 0 Å². The van der Waals surface area contributed by atoms with Gasteiger partial charge in [-0.2, -0.15) is 0 Å². The lowest BCUT2D eigenvalue weighted by Gasteiger charge is -2.31. The van der Waals surface area contributed by atoms with Gasteiger partial charge in [-0.05, 0) is 79.1 Å². The number of hydrogen-bond acceptors (Lipinski definition) is 6. The molecule has 43 heavy (non-hydrogen) atoms. The number of amides is 3. The zero-order valence-electron chi connectivity index (χ0n) is 25.6. The van der Waals surface area contributed by atoms with Crippen molar-refractivity contribution in [2.24, 2.45) is 5.92 Å². The van der Waals surface area contributed by atoms with Crippen LogP contribution in [0.5, 0.6) is 11.5 Å². The number of esters is 1. The number of benzene rings is 3. The fourth-order valence-corrected chi connectivity index (χ4v) is 5.28. The van der Waals surface area contributed by atoms with E-state index >= 15 is 0 Å². The molecule has 0 saturated heterocycles. The zero-order chi connectivity index (χ0) is 30.9. The predicted molar refractivity (Wildman–Crippen MR) is 168 cm³/mol. The predicted octanol–water partition coefficient (Wildman–Crippen LogP) is 6.70. The molecule has 0 bridgehead atoms. The molecule has 0 aromatic heterocycles. The van der Waals surface area contributed by atoms with Gasteiger partial charge in [-0.15, -0.1) is 0 Å². The lowest BCUT2D eigenvalue weighted by Crippen LogP contribution is -2.39. The normalized spacial score (nSPS) is 13.0. The molecular formula is C34H41N3O6. The highest BCUT2D eigenvalue weighted by Gasteiger charge is 2.26. The van der Waals surface area contributed by atoms with Crippen LogP contribution in [0.1, 0.15) is 56.2 Å². The van der Waals surface area contributed by atoms with Crippen LogP contribution in [-0.2, 0) is 20.7 Å². The van der Waals surface area contributed by atoms with Gasteiger partial charge in [0, 0.05) is 5.69 Å². The van der Waals surface area contributed by atoms with Gasteiger partial charge in [0.25, 0.3) is 0 Å². The average molecular weight is 588 g/mol. The van der Waals surface area contributed by atoms with E-state index in [1.54, 1.807) is 30.0 Å². The Labute approximate surface area is 253 Å². The molecule has 1 aliphatic heterocycles. The molecule has 9 heteroatoms. The Morgan fingerprint density at radius 2 is 1.77 bits per heavy atom. The van der Waals surface area contributed by atoms with E-state index in [2.05, 4.69) is 24.5 Å². The van der Waals surface area contributed by atoms with E-state index in [4.69, 9.17) is 14.2 Å². The summed E-state index contributed by atoms with van der Waals surface area (Å²) in [7, 11) is 1.52. The van der Waals surface area contributed by atoms with Crippen molar-refractivity contribution in [2.45, 2.75) is 52.9 Å². The third-order valence-electron chi connectivity index (χ3n) is 7.36. The third-order valence-corrected chi connectivity index (χ3v) is 7.36. The molecule has 1 atom stereocenters. The standard InChI is InChI=1S/C34H41N3O6/c1-6-42-33(39)21-26(17-22(2)3)25-12-14-29-31(20-25)43-16-15-37(29)32(38)19-24-11-13-28(30(18-24)41-5)36-34(40)35-27-10-8-7-9-23(27)4/h7-14,18,20,22,26H,6,15-17,19,21H2,1-5H3,(H2,35,36,40). The summed E-state index contributed by atoms with van der Waals surface area (Å²) in [6.45, 7) is 9.14. The summed E-state index contributed by atoms with van der Waals surface area (Å²) >= 11 is 0. The van der Waals surface area contributed by atoms with Crippen LogP contribution in [0.25, 0.3) is 0 Å². The molecular weight excluding hydrogens is 546 g/mol. The highest BCUT2D eigenvalue weighted by Crippen LogP contribution is 2.38. The van der Waals surface area contributed by atoms with E-state index in [-0.39, 0.29) is 24.2 Å². The number of nitrogens with zero attached hydrogens (tertiary/aromatic N) is 1. The van der Waals surface area contributed by atoms with Crippen LogP contribution in [0.2, 0.25) is 0 Å². The van der Waals surface area contributed by atoms with Gasteiger partial charge in [-0.1, -0.05) is 44.2 Å². The second kappa shape index (κ2) is 14.6. The van der Waals surface area contributed by atoms with Gasteiger partial charge in [0.1, 0.15) is 18.1 Å². The van der Waals surface area contributed by atoms with Crippen LogP contribution in [-0.4, -0.2) is 44.8 Å². The molecule has 0 radical (unpaired) electrons. The maximum absolute atomic E-state index is 13.5. The number of carbonyl (C=O) groups is 3. The summed E-state index contributed by atoms with van der Waals surface area (Å²) in [5.74, 6) is 1.18. The van der Waals surface area contributed by atoms with Crippen LogP contribution in [0.3, 0.4) is 0 Å². The Morgan fingerprint density at radius 1 is 1.00 bits per heavy atom. The van der Waals surface area contributed by atoms with Crippen molar-refractivity contribution >= 4 is 35.0 Å². The largest absolute Gasteiger partial charge is 0.495 e. The molecule has 9 nitrogen and oxygen atoms in total. The van der Waals surface area contributed by atoms with Crippen molar-refractivity contribution in [3.05, 3.63) is 77.4 Å². The number of aryl methyl sites for hydroxylation is 1. The van der Waals surface area contributed by atoms with Gasteiger partial charge in [0.2, 0.25) is 5.91 Å². The number of methoxy groups -OCH3 is 1. The molecule has 3 aromatic carbocycles. The first-order valence-electron chi connectivity index (χ1n) is 14.7. The first-order chi connectivity index (χ1) is 20.7. The smallest absolute Gasteiger partial charge is 0.323 e. The molecule has 4 rings (SSSR count). The molecule has 0 saturated carbocycles. The van der Waals surface area contributed by atoms with Gasteiger partial charge in [-0.25, -0.2) is 4.79 Å². The van der Waals surface area contributed by atoms with E-state index in [9.17, 15) is 14.4 Å². The fraction of sp³-hybridized carbons (Fsp3) is 0.382. The van der Waals surface area contributed by atoms with Crippen molar-refractivity contribution in [1.29, 1.82) is 0 Å². The lowest BCUT2D eigenvalue weighted by atomic mass is 9.87. The molecule has 2 N–H and O–H groups in total. The van der Waals surface area contributed by atoms with E-state index < -0.39 is 6.03 Å². The topological polar surface area (TPSA) is 106 Å². The SMILES string of the molecule is CCOC(=O)CC(CC(C)C)c1ccc2c(c1)OCCN2C(=O)Cc1ccc(NC(=O)Nc2ccccc2C)c(OC)c1. The summed E-state index contributed by atoms with van der Waals surface area (Å²) in [5, 5.41) is 5.67. The van der Waals surface area contributed by atoms with Crippen molar-refractivity contribution in [2.75, 3.05) is 42.4 Å². The maximum atomic E-state index is 13.5. The highest BCUT2D eigenvalue weighted by atomic mass is 16.5. The quantitative estimate of drug-likeness (QED) is 0.242. The molecule has 0 aliphatic carbocycles. The highest BCUT2D eigenvalue weighted by molar-refractivity contribution is 6.01. The molecule has 3 amide bonds. The van der Waals surface area contributed by atoms with Crippen LogP contribution in [0, 0.1) is 12.8 Å². The molecule has 3 aromatic rings. The Balaban J connectivity index is 1.46. The number of rotatable bonds is 11. The molecule has 0 spiro atoms. The molecule has 228 valence electrons. The first-order valence-corrected chi connectivity index (χ1v) is 14.7. The minimum Gasteiger partial charge on any atom is -0.495 e. The summed E-state index contributed by atoms with van der Waals surface area (Å²) in [6.07, 6.45) is 1.28. The number of para-hydroxylation sites is 1. The maximum Gasteiger partial charge on any atom is 0.323 e. The van der Waals surface area contributed by atoms with E-state index in [0.717, 1.165) is 23.1 Å². The van der Waals surface area contributed by atoms with Gasteiger partial charge in [0.05, 0.1) is 44.5 Å². The number of fused-ring (bicyclic) bond motifs is 1. The lowest BCUT2D eigenvalue weighted by molar-refractivity contribution is -0.143. The first kappa shape index (κ1) is 31.4. The number of hydrogen-bond donors (Lipinski definition) is 2. The van der Waals surface area contributed by atoms with Crippen LogP contribution >= 0.6 is 0 Å². The number of nitrogens with one attached hydrogen (secondary N) is 2. The van der Waals surface area contributed by atoms with Crippen molar-refractivity contribution in [1.82, 2.24) is 0 Å². The molecule has 0 fully saturated rings. The number of carbonyl (C=O) groups excluding carboxylic acids is 3. The van der Waals surface area contributed by atoms with Gasteiger partial charge >= 0.3 is 12.0 Å². The third kappa shape index (κ3) is 8.28. The summed E-state index contributed by atoms with van der Waals surface area (Å²) in [4.78, 5) is 40.1. The number of anilines is 3. The molecule has 1 heterocycles. The van der Waals surface area contributed by atoms with E-state index in [0.29, 0.717) is 60.7 Å². The monoisotopic (exact) mass is 587 g/mol. The van der Waals surface area contributed by atoms with Gasteiger partial charge < -0.3 is 29.7 Å². The van der Waals surface area contributed by atoms with Crippen molar-refractivity contribution in [3.8, 4) is 11.5 Å². The van der Waals surface area contributed by atoms with Crippen LogP contribution < -0.4 is 25.0 Å². The summed E-state index contributed by atoms with van der Waals surface area (Å²) in [6, 6.07) is 18.3. The van der Waals surface area contributed by atoms with Crippen LogP contribution in [0.4, 0.5) is 21.9 Å². The Hall–Kier alpha value is -4.53. The summed E-state index contributed by atoms with van der Waals surface area (Å²) in [5.41, 5.74) is 4.61. The average Bonchev–Trinajstić information content (AvgIpc) is 2.98. The van der Waals surface area contributed by atoms with Gasteiger partial charge in [0.15, 0.2) is 0 Å². The van der Waals surface area contributed by atoms with Gasteiger partial charge in [-0.3, -0.25) is 9.59 Å². The Morgan fingerprint density at radius 3 is 2.49 bits per heavy atom. The minimum absolute atomic E-state index is 0.00239. The zero-order valence-corrected chi connectivity index (χ0v) is 25.6. The van der Waals surface area contributed by atoms with E-state index in [1.807, 2.05) is 49.4 Å². The van der Waals surface area contributed by atoms with E-state index in [1.165, 1.54) is 7.11 Å². The molecule has 1 aliphatic rings. The Kier molecular flexibility index (Phi) is 10.6.